The van der Waals surface area contributed by atoms with Crippen LogP contribution in [0.1, 0.15) is 10.5 Å². The van der Waals surface area contributed by atoms with Crippen molar-refractivity contribution in [1.29, 1.82) is 0 Å². The highest BCUT2D eigenvalue weighted by atomic mass is 16.1. The molecule has 0 atom stereocenters. The molecule has 0 aliphatic carbocycles. The lowest BCUT2D eigenvalue weighted by molar-refractivity contribution is 0.102. The highest BCUT2D eigenvalue weighted by molar-refractivity contribution is 6.02. The molecule has 3 N–H and O–H groups in total. The molecular weight excluding hydrogens is 206 g/mol. The van der Waals surface area contributed by atoms with E-state index in [1.165, 1.54) is 0 Å². The molecule has 2 aromatic rings. The van der Waals surface area contributed by atoms with E-state index in [4.69, 9.17) is 5.73 Å². The quantitative estimate of drug-likeness (QED) is 0.773. The lowest BCUT2D eigenvalue weighted by Gasteiger charge is -2.01. The Hall–Kier alpha value is -2.37. The summed E-state index contributed by atoms with van der Waals surface area (Å²) in [5.41, 5.74) is 6.39. The molecule has 1 amide bonds. The zero-order valence-corrected chi connectivity index (χ0v) is 8.71. The molecule has 6 nitrogen and oxygen atoms in total. The van der Waals surface area contributed by atoms with Crippen LogP contribution in [0.3, 0.4) is 0 Å². The summed E-state index contributed by atoms with van der Waals surface area (Å²) < 4.78 is 1.60. The maximum Gasteiger partial charge on any atom is 0.274 e. The van der Waals surface area contributed by atoms with Crippen molar-refractivity contribution in [3.63, 3.8) is 0 Å². The van der Waals surface area contributed by atoms with Crippen molar-refractivity contribution < 1.29 is 4.79 Å². The van der Waals surface area contributed by atoms with Gasteiger partial charge in [-0.25, -0.2) is 4.98 Å². The van der Waals surface area contributed by atoms with Gasteiger partial charge in [-0.15, -0.1) is 0 Å². The summed E-state index contributed by atoms with van der Waals surface area (Å²) in [4.78, 5) is 15.6. The molecule has 0 radical (unpaired) electrons. The number of nitrogens with two attached hydrogens (primary N) is 1. The molecule has 0 aliphatic heterocycles. The van der Waals surface area contributed by atoms with Crippen molar-refractivity contribution in [2.45, 2.75) is 0 Å². The van der Waals surface area contributed by atoms with E-state index < -0.39 is 0 Å². The second-order valence-electron chi connectivity index (χ2n) is 3.30. The van der Waals surface area contributed by atoms with Crippen LogP contribution in [0.25, 0.3) is 0 Å². The molecule has 0 bridgehead atoms. The van der Waals surface area contributed by atoms with Crippen molar-refractivity contribution in [2.75, 3.05) is 11.1 Å². The van der Waals surface area contributed by atoms with E-state index in [2.05, 4.69) is 15.4 Å². The summed E-state index contributed by atoms with van der Waals surface area (Å²) >= 11 is 0. The third kappa shape index (κ3) is 2.17. The summed E-state index contributed by atoms with van der Waals surface area (Å²) in [5.74, 6) is 0.0131. The van der Waals surface area contributed by atoms with Crippen molar-refractivity contribution in [2.24, 2.45) is 7.05 Å². The number of hydrogen-bond donors (Lipinski definition) is 2. The zero-order valence-electron chi connectivity index (χ0n) is 8.71. The van der Waals surface area contributed by atoms with Gasteiger partial charge in [0.25, 0.3) is 5.91 Å². The van der Waals surface area contributed by atoms with Gasteiger partial charge in [-0.05, 0) is 12.1 Å². The van der Waals surface area contributed by atoms with Crippen LogP contribution in [0.15, 0.2) is 30.6 Å². The lowest BCUT2D eigenvalue weighted by Crippen LogP contribution is -2.13. The summed E-state index contributed by atoms with van der Waals surface area (Å²) in [7, 11) is 1.77. The lowest BCUT2D eigenvalue weighted by atomic mass is 10.3. The summed E-state index contributed by atoms with van der Waals surface area (Å²) in [6, 6.07) is 4.91. The number of anilines is 2. The van der Waals surface area contributed by atoms with E-state index in [1.54, 1.807) is 42.3 Å². The van der Waals surface area contributed by atoms with E-state index >= 15 is 0 Å². The van der Waals surface area contributed by atoms with E-state index in [-0.39, 0.29) is 11.6 Å². The number of hydrogen-bond acceptors (Lipinski definition) is 4. The first-order valence-electron chi connectivity index (χ1n) is 4.67. The number of carbonyl (C=O) groups is 1. The third-order valence-corrected chi connectivity index (χ3v) is 1.97. The molecule has 16 heavy (non-hydrogen) atoms. The molecule has 2 rings (SSSR count). The van der Waals surface area contributed by atoms with Crippen molar-refractivity contribution in [1.82, 2.24) is 14.8 Å². The number of aromatic nitrogens is 3. The average Bonchev–Trinajstić information content (AvgIpc) is 2.64. The standard InChI is InChI=1S/C10H11N5O/c1-15-6-7(5-12-15)13-10(16)8-3-2-4-9(11)14-8/h2-6H,1H3,(H2,11,14)(H,13,16). The molecular formula is C10H11N5O. The first kappa shape index (κ1) is 10.2. The Balaban J connectivity index is 2.14. The number of carbonyl (C=O) groups excluding carboxylic acids is 1. The number of pyridine rings is 1. The minimum absolute atomic E-state index is 0.281. The molecule has 0 fully saturated rings. The van der Waals surface area contributed by atoms with Gasteiger partial charge < -0.3 is 11.1 Å². The Bertz CT molecular complexity index is 519. The highest BCUT2D eigenvalue weighted by Crippen LogP contribution is 2.07. The van der Waals surface area contributed by atoms with Crippen LogP contribution in [0, 0.1) is 0 Å². The van der Waals surface area contributed by atoms with Crippen molar-refractivity contribution >= 4 is 17.4 Å². The second kappa shape index (κ2) is 4.01. The van der Waals surface area contributed by atoms with Gasteiger partial charge in [-0.3, -0.25) is 9.48 Å². The molecule has 0 saturated carbocycles. The van der Waals surface area contributed by atoms with Gasteiger partial charge in [0.1, 0.15) is 11.5 Å². The van der Waals surface area contributed by atoms with Gasteiger partial charge in [-0.2, -0.15) is 5.10 Å². The van der Waals surface area contributed by atoms with Crippen LogP contribution in [0.4, 0.5) is 11.5 Å². The summed E-state index contributed by atoms with van der Waals surface area (Å²) in [6.45, 7) is 0. The smallest absolute Gasteiger partial charge is 0.274 e. The highest BCUT2D eigenvalue weighted by Gasteiger charge is 2.08. The molecule has 0 aliphatic rings. The Morgan fingerprint density at radius 2 is 2.31 bits per heavy atom. The average molecular weight is 217 g/mol. The number of nitrogen functional groups attached to an aromatic ring is 1. The third-order valence-electron chi connectivity index (χ3n) is 1.97. The number of aryl methyl sites for hydroxylation is 1. The number of amides is 1. The predicted molar refractivity (Wildman–Crippen MR) is 59.8 cm³/mol. The van der Waals surface area contributed by atoms with Gasteiger partial charge >= 0.3 is 0 Å². The second-order valence-corrected chi connectivity index (χ2v) is 3.30. The van der Waals surface area contributed by atoms with E-state index in [1.807, 2.05) is 0 Å². The molecule has 2 heterocycles. The number of nitrogens with zero attached hydrogens (tertiary/aromatic N) is 3. The monoisotopic (exact) mass is 217 g/mol. The van der Waals surface area contributed by atoms with Crippen LogP contribution < -0.4 is 11.1 Å². The van der Waals surface area contributed by atoms with Gasteiger partial charge in [0, 0.05) is 13.2 Å². The first-order chi connectivity index (χ1) is 7.65. The molecule has 82 valence electrons. The van der Waals surface area contributed by atoms with Crippen LogP contribution in [0.5, 0.6) is 0 Å². The topological polar surface area (TPSA) is 85.8 Å². The zero-order chi connectivity index (χ0) is 11.5. The van der Waals surface area contributed by atoms with Gasteiger partial charge in [0.2, 0.25) is 0 Å². The van der Waals surface area contributed by atoms with Gasteiger partial charge in [0.15, 0.2) is 0 Å². The summed E-state index contributed by atoms with van der Waals surface area (Å²) in [5, 5.41) is 6.60. The molecule has 0 saturated heterocycles. The minimum atomic E-state index is -0.305. The fourth-order valence-corrected chi connectivity index (χ4v) is 1.26. The predicted octanol–water partition coefficient (Wildman–Crippen LogP) is 0.650. The molecule has 0 spiro atoms. The van der Waals surface area contributed by atoms with E-state index in [0.717, 1.165) is 0 Å². The molecule has 2 aromatic heterocycles. The number of nitrogens with one attached hydrogen (secondary N) is 1. The Labute approximate surface area is 92.1 Å². The first-order valence-corrected chi connectivity index (χ1v) is 4.67. The van der Waals surface area contributed by atoms with E-state index in [9.17, 15) is 4.79 Å². The maximum atomic E-state index is 11.7. The minimum Gasteiger partial charge on any atom is -0.384 e. The maximum absolute atomic E-state index is 11.7. The van der Waals surface area contributed by atoms with Gasteiger partial charge in [-0.1, -0.05) is 6.07 Å². The van der Waals surface area contributed by atoms with E-state index in [0.29, 0.717) is 11.5 Å². The largest absolute Gasteiger partial charge is 0.384 e. The van der Waals surface area contributed by atoms with Crippen LogP contribution >= 0.6 is 0 Å². The molecule has 6 heteroatoms. The normalized spacial score (nSPS) is 10.1. The number of rotatable bonds is 2. The Morgan fingerprint density at radius 3 is 2.94 bits per heavy atom. The molecule has 0 aromatic carbocycles. The molecule has 0 unspecified atom stereocenters. The Morgan fingerprint density at radius 1 is 1.50 bits per heavy atom. The fraction of sp³-hybridized carbons (Fsp3) is 0.100. The SMILES string of the molecule is Cn1cc(NC(=O)c2cccc(N)n2)cn1. The summed E-state index contributed by atoms with van der Waals surface area (Å²) in [6.07, 6.45) is 3.26. The Kier molecular flexibility index (Phi) is 2.55. The van der Waals surface area contributed by atoms with Crippen molar-refractivity contribution in [3.8, 4) is 0 Å². The van der Waals surface area contributed by atoms with Gasteiger partial charge in [0.05, 0.1) is 11.9 Å². The fourth-order valence-electron chi connectivity index (χ4n) is 1.26. The van der Waals surface area contributed by atoms with Crippen molar-refractivity contribution in [3.05, 3.63) is 36.3 Å². The van der Waals surface area contributed by atoms with Crippen LogP contribution in [0.2, 0.25) is 0 Å². The van der Waals surface area contributed by atoms with Crippen LogP contribution in [-0.4, -0.2) is 20.7 Å². The van der Waals surface area contributed by atoms with Crippen LogP contribution in [-0.2, 0) is 7.05 Å².